The molecular formula is C33H38N4O3S. The lowest BCUT2D eigenvalue weighted by Crippen LogP contribution is -2.25. The molecule has 41 heavy (non-hydrogen) atoms. The van der Waals surface area contributed by atoms with Crippen molar-refractivity contribution in [3.05, 3.63) is 82.1 Å². The zero-order valence-electron chi connectivity index (χ0n) is 24.3. The van der Waals surface area contributed by atoms with Crippen LogP contribution in [0.15, 0.2) is 59.6 Å². The number of thiazole rings is 1. The molecule has 0 atom stereocenters. The number of benzene rings is 1. The zero-order valence-corrected chi connectivity index (χ0v) is 25.1. The van der Waals surface area contributed by atoms with Crippen LogP contribution in [0.1, 0.15) is 59.4 Å². The molecule has 4 aromatic rings. The first-order valence-electron chi connectivity index (χ1n) is 14.2. The van der Waals surface area contributed by atoms with Gasteiger partial charge in [-0.05, 0) is 88.3 Å². The third kappa shape index (κ3) is 6.70. The summed E-state index contributed by atoms with van der Waals surface area (Å²) in [5.74, 6) is 1.37. The predicted molar refractivity (Wildman–Crippen MR) is 165 cm³/mol. The summed E-state index contributed by atoms with van der Waals surface area (Å²) in [6.07, 6.45) is 10.7. The maximum atomic E-state index is 13.4. The molecule has 7 nitrogen and oxygen atoms in total. The van der Waals surface area contributed by atoms with Gasteiger partial charge in [0.1, 0.15) is 5.01 Å². The Bertz CT molecular complexity index is 1530. The van der Waals surface area contributed by atoms with E-state index in [9.17, 15) is 4.79 Å². The molecule has 0 saturated heterocycles. The van der Waals surface area contributed by atoms with Gasteiger partial charge >= 0.3 is 0 Å². The van der Waals surface area contributed by atoms with Crippen LogP contribution in [-0.2, 0) is 13.0 Å². The maximum absolute atomic E-state index is 13.4. The van der Waals surface area contributed by atoms with Crippen molar-refractivity contribution in [2.24, 2.45) is 0 Å². The highest BCUT2D eigenvalue weighted by Gasteiger charge is 2.21. The van der Waals surface area contributed by atoms with Crippen LogP contribution in [0.4, 0.5) is 0 Å². The predicted octanol–water partition coefficient (Wildman–Crippen LogP) is 7.17. The number of nitrogens with one attached hydrogen (secondary N) is 1. The lowest BCUT2D eigenvalue weighted by molar-refractivity contribution is 0.0953. The molecule has 1 aromatic carbocycles. The molecule has 0 bridgehead atoms. The number of hydrogen-bond donors (Lipinski definition) is 1. The SMILES string of the molecule is COc1ccc(CCn2c(-c3csc(-c4ccc(C)nc4)n3)cc(C(=O)NCCC3=CCCCC3)c2C)cc1OC. The Kier molecular flexibility index (Phi) is 9.19. The second-order valence-corrected chi connectivity index (χ2v) is 11.3. The second-order valence-electron chi connectivity index (χ2n) is 10.5. The van der Waals surface area contributed by atoms with Crippen molar-refractivity contribution >= 4 is 17.2 Å². The summed E-state index contributed by atoms with van der Waals surface area (Å²) in [5, 5.41) is 6.14. The van der Waals surface area contributed by atoms with Crippen LogP contribution in [0.3, 0.4) is 0 Å². The van der Waals surface area contributed by atoms with Crippen LogP contribution in [0, 0.1) is 13.8 Å². The molecular weight excluding hydrogens is 532 g/mol. The first-order valence-corrected chi connectivity index (χ1v) is 15.1. The monoisotopic (exact) mass is 570 g/mol. The number of pyridine rings is 1. The highest BCUT2D eigenvalue weighted by Crippen LogP contribution is 2.33. The molecule has 1 aliphatic rings. The fraction of sp³-hybridized carbons (Fsp3) is 0.364. The summed E-state index contributed by atoms with van der Waals surface area (Å²) in [6.45, 7) is 5.34. The van der Waals surface area contributed by atoms with Crippen LogP contribution in [-0.4, -0.2) is 41.2 Å². The van der Waals surface area contributed by atoms with Crippen molar-refractivity contribution < 1.29 is 14.3 Å². The quantitative estimate of drug-likeness (QED) is 0.193. The number of carbonyl (C=O) groups is 1. The Labute approximate surface area is 246 Å². The Morgan fingerprint density at radius 2 is 1.90 bits per heavy atom. The number of methoxy groups -OCH3 is 2. The van der Waals surface area contributed by atoms with E-state index >= 15 is 0 Å². The summed E-state index contributed by atoms with van der Waals surface area (Å²) in [5.41, 5.74) is 7.96. The van der Waals surface area contributed by atoms with Gasteiger partial charge in [-0.15, -0.1) is 11.3 Å². The summed E-state index contributed by atoms with van der Waals surface area (Å²) in [4.78, 5) is 22.8. The third-order valence-electron chi connectivity index (χ3n) is 7.72. The largest absolute Gasteiger partial charge is 0.493 e. The van der Waals surface area contributed by atoms with Crippen molar-refractivity contribution in [3.63, 3.8) is 0 Å². The van der Waals surface area contributed by atoms with E-state index < -0.39 is 0 Å². The van der Waals surface area contributed by atoms with E-state index in [0.717, 1.165) is 64.6 Å². The first-order chi connectivity index (χ1) is 20.0. The van der Waals surface area contributed by atoms with Gasteiger partial charge in [-0.3, -0.25) is 9.78 Å². The van der Waals surface area contributed by atoms with Crippen LogP contribution in [0.5, 0.6) is 11.5 Å². The number of allylic oxidation sites excluding steroid dienone is 1. The summed E-state index contributed by atoms with van der Waals surface area (Å²) in [7, 11) is 3.29. The van der Waals surface area contributed by atoms with E-state index in [1.165, 1.54) is 18.4 Å². The van der Waals surface area contributed by atoms with E-state index in [1.807, 2.05) is 50.4 Å². The van der Waals surface area contributed by atoms with Crippen LogP contribution >= 0.6 is 11.3 Å². The molecule has 8 heteroatoms. The van der Waals surface area contributed by atoms with E-state index in [1.54, 1.807) is 25.6 Å². The molecule has 1 N–H and O–H groups in total. The average molecular weight is 571 g/mol. The number of carbonyl (C=O) groups excluding carboxylic acids is 1. The molecule has 5 rings (SSSR count). The van der Waals surface area contributed by atoms with Crippen molar-refractivity contribution in [3.8, 4) is 33.5 Å². The van der Waals surface area contributed by atoms with E-state index in [4.69, 9.17) is 14.5 Å². The van der Waals surface area contributed by atoms with Crippen LogP contribution in [0.25, 0.3) is 22.0 Å². The lowest BCUT2D eigenvalue weighted by Gasteiger charge is -2.14. The van der Waals surface area contributed by atoms with E-state index in [2.05, 4.69) is 32.4 Å². The molecule has 0 aliphatic heterocycles. The van der Waals surface area contributed by atoms with E-state index in [-0.39, 0.29) is 5.91 Å². The standard InChI is InChI=1S/C33H38N4O3S/c1-22-10-12-26(20-35-22)33-36-28(21-41-33)29-19-27(32(38)34-16-14-24-8-6-5-7-9-24)23(2)37(29)17-15-25-11-13-30(39-3)31(18-25)40-4/h8,10-13,18-21H,5-7,9,14-17H2,1-4H3,(H,34,38). The van der Waals surface area contributed by atoms with Gasteiger partial charge in [0.25, 0.3) is 5.91 Å². The van der Waals surface area contributed by atoms with Gasteiger partial charge in [-0.2, -0.15) is 0 Å². The normalized spacial score (nSPS) is 13.1. The minimum Gasteiger partial charge on any atom is -0.493 e. The molecule has 0 fully saturated rings. The Balaban J connectivity index is 1.41. The summed E-state index contributed by atoms with van der Waals surface area (Å²) >= 11 is 1.59. The third-order valence-corrected chi connectivity index (χ3v) is 8.62. The van der Waals surface area contributed by atoms with Crippen molar-refractivity contribution in [2.45, 2.75) is 58.9 Å². The number of hydrogen-bond acceptors (Lipinski definition) is 6. The van der Waals surface area contributed by atoms with Gasteiger partial charge in [0, 0.05) is 41.6 Å². The van der Waals surface area contributed by atoms with Gasteiger partial charge in [0.05, 0.1) is 31.2 Å². The molecule has 1 amide bonds. The molecule has 0 radical (unpaired) electrons. The number of nitrogens with zero attached hydrogens (tertiary/aromatic N) is 3. The summed E-state index contributed by atoms with van der Waals surface area (Å²) < 4.78 is 13.1. The topological polar surface area (TPSA) is 78.3 Å². The van der Waals surface area contributed by atoms with E-state index in [0.29, 0.717) is 30.2 Å². The van der Waals surface area contributed by atoms with Crippen LogP contribution < -0.4 is 14.8 Å². The van der Waals surface area contributed by atoms with Gasteiger partial charge in [0.15, 0.2) is 11.5 Å². The number of aryl methyl sites for hydroxylation is 2. The van der Waals surface area contributed by atoms with Gasteiger partial charge in [-0.25, -0.2) is 4.98 Å². The lowest BCUT2D eigenvalue weighted by atomic mass is 9.97. The first kappa shape index (κ1) is 28.6. The van der Waals surface area contributed by atoms with Gasteiger partial charge < -0.3 is 19.4 Å². The molecule has 0 saturated carbocycles. The number of rotatable bonds is 11. The highest BCUT2D eigenvalue weighted by molar-refractivity contribution is 7.13. The molecule has 214 valence electrons. The Morgan fingerprint density at radius 1 is 1.05 bits per heavy atom. The smallest absolute Gasteiger partial charge is 0.253 e. The fourth-order valence-corrected chi connectivity index (χ4v) is 6.14. The summed E-state index contributed by atoms with van der Waals surface area (Å²) in [6, 6.07) is 12.0. The van der Waals surface area contributed by atoms with Gasteiger partial charge in [0.2, 0.25) is 0 Å². The van der Waals surface area contributed by atoms with Crippen LogP contribution in [0.2, 0.25) is 0 Å². The molecule has 3 heterocycles. The Hall–Kier alpha value is -3.91. The minimum atomic E-state index is -0.0387. The molecule has 0 spiro atoms. The number of amides is 1. The molecule has 3 aromatic heterocycles. The highest BCUT2D eigenvalue weighted by atomic mass is 32.1. The average Bonchev–Trinajstić information content (AvgIpc) is 3.61. The van der Waals surface area contributed by atoms with Crippen molar-refractivity contribution in [1.82, 2.24) is 19.9 Å². The minimum absolute atomic E-state index is 0.0387. The number of ether oxygens (including phenoxy) is 2. The molecule has 0 unspecified atom stereocenters. The van der Waals surface area contributed by atoms with Gasteiger partial charge in [-0.1, -0.05) is 17.7 Å². The zero-order chi connectivity index (χ0) is 28.8. The second kappa shape index (κ2) is 13.2. The maximum Gasteiger partial charge on any atom is 0.253 e. The number of aromatic nitrogens is 3. The van der Waals surface area contributed by atoms with Crippen molar-refractivity contribution in [1.29, 1.82) is 0 Å². The van der Waals surface area contributed by atoms with Crippen molar-refractivity contribution in [2.75, 3.05) is 20.8 Å². The molecule has 1 aliphatic carbocycles. The fourth-order valence-electron chi connectivity index (χ4n) is 5.33. The Morgan fingerprint density at radius 3 is 2.63 bits per heavy atom.